The lowest BCUT2D eigenvalue weighted by Crippen LogP contribution is -2.35. The molecule has 1 aromatic rings. The Morgan fingerprint density at radius 1 is 1.50 bits per heavy atom. The van der Waals surface area contributed by atoms with E-state index in [0.717, 1.165) is 6.42 Å². The van der Waals surface area contributed by atoms with Gasteiger partial charge in [0, 0.05) is 18.1 Å². The van der Waals surface area contributed by atoms with Gasteiger partial charge >= 0.3 is 0 Å². The Labute approximate surface area is 95.1 Å². The van der Waals surface area contributed by atoms with Crippen LogP contribution in [0.1, 0.15) is 25.3 Å². The van der Waals surface area contributed by atoms with Crippen molar-refractivity contribution in [1.82, 2.24) is 0 Å². The number of benzene rings is 1. The Bertz CT molecular complexity index is 361. The highest BCUT2D eigenvalue weighted by atomic mass is 19.1. The summed E-state index contributed by atoms with van der Waals surface area (Å²) < 4.78 is 19.0. The number of halogens is 1. The van der Waals surface area contributed by atoms with Crippen LogP contribution in [-0.2, 0) is 10.3 Å². The van der Waals surface area contributed by atoms with Crippen molar-refractivity contribution >= 4 is 0 Å². The molecule has 0 spiro atoms. The van der Waals surface area contributed by atoms with Crippen LogP contribution in [0.5, 0.6) is 0 Å². The quantitative estimate of drug-likeness (QED) is 0.854. The van der Waals surface area contributed by atoms with E-state index in [1.807, 2.05) is 6.92 Å². The summed E-state index contributed by atoms with van der Waals surface area (Å²) in [6.07, 6.45) is 1.29. The van der Waals surface area contributed by atoms with E-state index in [0.29, 0.717) is 25.2 Å². The lowest BCUT2D eigenvalue weighted by atomic mass is 9.78. The van der Waals surface area contributed by atoms with Gasteiger partial charge in [0.25, 0.3) is 0 Å². The molecule has 1 fully saturated rings. The first-order valence-electron chi connectivity index (χ1n) is 5.73. The molecule has 2 nitrogen and oxygen atoms in total. The van der Waals surface area contributed by atoms with Gasteiger partial charge in [0.2, 0.25) is 0 Å². The van der Waals surface area contributed by atoms with Crippen molar-refractivity contribution in [3.05, 3.63) is 35.6 Å². The zero-order valence-electron chi connectivity index (χ0n) is 9.45. The molecule has 2 unspecified atom stereocenters. The van der Waals surface area contributed by atoms with Crippen molar-refractivity contribution in [3.63, 3.8) is 0 Å². The van der Waals surface area contributed by atoms with E-state index in [4.69, 9.17) is 4.74 Å². The Balaban J connectivity index is 2.37. The Morgan fingerprint density at radius 2 is 2.25 bits per heavy atom. The van der Waals surface area contributed by atoms with Gasteiger partial charge in [-0.15, -0.1) is 0 Å². The summed E-state index contributed by atoms with van der Waals surface area (Å²) in [5, 5.41) is 10.7. The molecular weight excluding hydrogens is 207 g/mol. The first-order chi connectivity index (χ1) is 7.68. The summed E-state index contributed by atoms with van der Waals surface area (Å²) in [4.78, 5) is 0. The normalized spacial score (nSPS) is 24.3. The molecule has 3 heteroatoms. The minimum atomic E-state index is -1.10. The lowest BCUT2D eigenvalue weighted by molar-refractivity contribution is -0.0335. The van der Waals surface area contributed by atoms with Gasteiger partial charge in [0.1, 0.15) is 5.82 Å². The maximum atomic E-state index is 13.7. The predicted octanol–water partition coefficient (Wildman–Crippen LogP) is 2.46. The highest BCUT2D eigenvalue weighted by molar-refractivity contribution is 5.25. The fraction of sp³-hybridized carbons (Fsp3) is 0.538. The van der Waals surface area contributed by atoms with E-state index in [-0.39, 0.29) is 11.7 Å². The summed E-state index contributed by atoms with van der Waals surface area (Å²) in [7, 11) is 0. The molecule has 2 atom stereocenters. The minimum Gasteiger partial charge on any atom is -0.385 e. The molecular formula is C13H17FO2. The maximum absolute atomic E-state index is 13.7. The van der Waals surface area contributed by atoms with Crippen molar-refractivity contribution in [3.8, 4) is 0 Å². The third-order valence-electron chi connectivity index (χ3n) is 3.48. The molecule has 1 saturated heterocycles. The summed E-state index contributed by atoms with van der Waals surface area (Å²) in [5.41, 5.74) is -0.699. The molecule has 1 aromatic carbocycles. The van der Waals surface area contributed by atoms with Crippen LogP contribution >= 0.6 is 0 Å². The molecule has 0 aliphatic carbocycles. The number of rotatable bonds is 3. The van der Waals surface area contributed by atoms with Crippen molar-refractivity contribution < 1.29 is 14.2 Å². The SMILES string of the molecule is CCC(O)(c1ccccc1F)C1CCOC1. The molecule has 1 N–H and O–H groups in total. The van der Waals surface area contributed by atoms with Crippen LogP contribution < -0.4 is 0 Å². The van der Waals surface area contributed by atoms with Gasteiger partial charge in [-0.3, -0.25) is 0 Å². The monoisotopic (exact) mass is 224 g/mol. The Hall–Kier alpha value is -0.930. The molecule has 0 saturated carbocycles. The van der Waals surface area contributed by atoms with E-state index in [1.54, 1.807) is 18.2 Å². The maximum Gasteiger partial charge on any atom is 0.129 e. The van der Waals surface area contributed by atoms with Gasteiger partial charge in [-0.05, 0) is 18.9 Å². The van der Waals surface area contributed by atoms with Gasteiger partial charge < -0.3 is 9.84 Å². The zero-order valence-corrected chi connectivity index (χ0v) is 9.45. The van der Waals surface area contributed by atoms with Gasteiger partial charge in [-0.2, -0.15) is 0 Å². The van der Waals surface area contributed by atoms with Crippen molar-refractivity contribution in [2.75, 3.05) is 13.2 Å². The van der Waals surface area contributed by atoms with Crippen molar-refractivity contribution in [2.45, 2.75) is 25.4 Å². The highest BCUT2D eigenvalue weighted by Crippen LogP contribution is 2.38. The third kappa shape index (κ3) is 1.85. The van der Waals surface area contributed by atoms with Crippen molar-refractivity contribution in [1.29, 1.82) is 0 Å². The fourth-order valence-corrected chi connectivity index (χ4v) is 2.42. The van der Waals surface area contributed by atoms with Gasteiger partial charge in [-0.25, -0.2) is 4.39 Å². The van der Waals surface area contributed by atoms with Crippen LogP contribution in [-0.4, -0.2) is 18.3 Å². The second-order valence-electron chi connectivity index (χ2n) is 4.32. The molecule has 2 rings (SSSR count). The molecule has 0 aromatic heterocycles. The number of ether oxygens (including phenoxy) is 1. The van der Waals surface area contributed by atoms with E-state index in [1.165, 1.54) is 6.07 Å². The van der Waals surface area contributed by atoms with Gasteiger partial charge in [-0.1, -0.05) is 25.1 Å². The summed E-state index contributed by atoms with van der Waals surface area (Å²) in [6, 6.07) is 6.46. The van der Waals surface area contributed by atoms with Crippen LogP contribution in [0.3, 0.4) is 0 Å². The number of hydrogen-bond acceptors (Lipinski definition) is 2. The molecule has 16 heavy (non-hydrogen) atoms. The Kier molecular flexibility index (Phi) is 3.26. The average Bonchev–Trinajstić information content (AvgIpc) is 2.82. The van der Waals surface area contributed by atoms with Gasteiger partial charge in [0.05, 0.1) is 12.2 Å². The van der Waals surface area contributed by atoms with Crippen LogP contribution in [0.4, 0.5) is 4.39 Å². The topological polar surface area (TPSA) is 29.5 Å². The van der Waals surface area contributed by atoms with E-state index >= 15 is 0 Å². The fourth-order valence-electron chi connectivity index (χ4n) is 2.42. The number of hydrogen-bond donors (Lipinski definition) is 1. The lowest BCUT2D eigenvalue weighted by Gasteiger charge is -2.33. The van der Waals surface area contributed by atoms with Crippen LogP contribution in [0.25, 0.3) is 0 Å². The molecule has 0 amide bonds. The molecule has 1 heterocycles. The van der Waals surface area contributed by atoms with E-state index in [2.05, 4.69) is 0 Å². The van der Waals surface area contributed by atoms with Crippen molar-refractivity contribution in [2.24, 2.45) is 5.92 Å². The van der Waals surface area contributed by atoms with Crippen LogP contribution in [0.15, 0.2) is 24.3 Å². The molecule has 0 radical (unpaired) electrons. The first kappa shape index (κ1) is 11.6. The standard InChI is InChI=1S/C13H17FO2/c1-2-13(15,10-7-8-16-9-10)11-5-3-4-6-12(11)14/h3-6,10,15H,2,7-9H2,1H3. The average molecular weight is 224 g/mol. The number of aliphatic hydroxyl groups is 1. The third-order valence-corrected chi connectivity index (χ3v) is 3.48. The minimum absolute atomic E-state index is 0.00519. The first-order valence-corrected chi connectivity index (χ1v) is 5.73. The van der Waals surface area contributed by atoms with Gasteiger partial charge in [0.15, 0.2) is 0 Å². The highest BCUT2D eigenvalue weighted by Gasteiger charge is 2.40. The smallest absolute Gasteiger partial charge is 0.129 e. The van der Waals surface area contributed by atoms with E-state index < -0.39 is 5.60 Å². The van der Waals surface area contributed by atoms with Crippen LogP contribution in [0.2, 0.25) is 0 Å². The predicted molar refractivity (Wildman–Crippen MR) is 59.5 cm³/mol. The summed E-state index contributed by atoms with van der Waals surface area (Å²) >= 11 is 0. The molecule has 1 aliphatic rings. The summed E-state index contributed by atoms with van der Waals surface area (Å²) in [6.45, 7) is 3.05. The molecule has 0 bridgehead atoms. The summed E-state index contributed by atoms with van der Waals surface area (Å²) in [5.74, 6) is -0.340. The second-order valence-corrected chi connectivity index (χ2v) is 4.32. The zero-order chi connectivity index (χ0) is 11.6. The molecule has 1 aliphatic heterocycles. The van der Waals surface area contributed by atoms with E-state index in [9.17, 15) is 9.50 Å². The van der Waals surface area contributed by atoms with Crippen LogP contribution in [0, 0.1) is 11.7 Å². The molecule has 88 valence electrons. The Morgan fingerprint density at radius 3 is 2.81 bits per heavy atom. The second kappa shape index (κ2) is 4.52. The largest absolute Gasteiger partial charge is 0.385 e.